The third-order valence-electron chi connectivity index (χ3n) is 5.82. The minimum atomic E-state index is -4.43. The van der Waals surface area contributed by atoms with Crippen LogP contribution in [0, 0.1) is 0 Å². The van der Waals surface area contributed by atoms with Crippen molar-refractivity contribution in [1.82, 2.24) is 20.1 Å². The van der Waals surface area contributed by atoms with Crippen molar-refractivity contribution in [3.8, 4) is 0 Å². The van der Waals surface area contributed by atoms with Gasteiger partial charge in [-0.05, 0) is 35.9 Å². The van der Waals surface area contributed by atoms with Gasteiger partial charge in [-0.25, -0.2) is 9.97 Å². The fraction of sp³-hybridized carbons (Fsp3) is 0.200. The number of ketones is 1. The van der Waals surface area contributed by atoms with E-state index in [1.807, 2.05) is 0 Å². The molecule has 4 aromatic rings. The minimum absolute atomic E-state index is 0.0295. The highest BCUT2D eigenvalue weighted by Crippen LogP contribution is 2.36. The van der Waals surface area contributed by atoms with Crippen LogP contribution in [-0.4, -0.2) is 31.6 Å². The summed E-state index contributed by atoms with van der Waals surface area (Å²) in [6, 6.07) is 8.54. The smallest absolute Gasteiger partial charge is 0.360 e. The maximum Gasteiger partial charge on any atom is 0.416 e. The number of pyridine rings is 1. The lowest BCUT2D eigenvalue weighted by Crippen LogP contribution is -2.09. The Kier molecular flexibility index (Phi) is 6.46. The van der Waals surface area contributed by atoms with E-state index in [2.05, 4.69) is 30.4 Å². The number of hydrogen-bond acceptors (Lipinski definition) is 8. The van der Waals surface area contributed by atoms with Crippen molar-refractivity contribution in [2.45, 2.75) is 31.9 Å². The van der Waals surface area contributed by atoms with Crippen LogP contribution in [0.25, 0.3) is 0 Å². The van der Waals surface area contributed by atoms with Crippen LogP contribution < -0.4 is 5.32 Å². The fourth-order valence-corrected chi connectivity index (χ4v) is 4.13. The van der Waals surface area contributed by atoms with Crippen molar-refractivity contribution in [3.63, 3.8) is 0 Å². The summed E-state index contributed by atoms with van der Waals surface area (Å²) in [7, 11) is 0. The van der Waals surface area contributed by atoms with Crippen LogP contribution in [0.1, 0.15) is 52.3 Å². The Balaban J connectivity index is 1.27. The number of nitrogens with zero attached hydrogens (tertiary/aromatic N) is 5. The van der Waals surface area contributed by atoms with Crippen LogP contribution in [0.4, 0.5) is 30.4 Å². The number of aliphatic imine (C=N–C) groups is 1. The number of anilines is 2. The molecule has 3 aromatic heterocycles. The molecule has 0 saturated heterocycles. The molecule has 1 aliphatic heterocycles. The van der Waals surface area contributed by atoms with Crippen molar-refractivity contribution < 1.29 is 22.5 Å². The van der Waals surface area contributed by atoms with Crippen molar-refractivity contribution >= 4 is 40.3 Å². The van der Waals surface area contributed by atoms with E-state index in [1.165, 1.54) is 12.4 Å². The van der Waals surface area contributed by atoms with Gasteiger partial charge in [0.2, 0.25) is 0 Å². The third kappa shape index (κ3) is 5.21. The predicted octanol–water partition coefficient (Wildman–Crippen LogP) is 6.33. The molecular formula is C25H18ClF3N6O2. The number of Topliss-reactive ketones (excluding diaryl/α,β-unsaturated/α-hetero) is 1. The second-order valence-corrected chi connectivity index (χ2v) is 8.84. The number of benzene rings is 1. The average Bonchev–Trinajstić information content (AvgIpc) is 3.52. The molecule has 0 saturated carbocycles. The zero-order valence-corrected chi connectivity index (χ0v) is 20.0. The van der Waals surface area contributed by atoms with Gasteiger partial charge in [0.1, 0.15) is 28.5 Å². The Hall–Kier alpha value is -4.12. The van der Waals surface area contributed by atoms with Gasteiger partial charge < -0.3 is 9.84 Å². The molecule has 8 nitrogen and oxygen atoms in total. The number of halogens is 4. The normalized spacial score (nSPS) is 13.7. The summed E-state index contributed by atoms with van der Waals surface area (Å²) in [5.74, 6) is 0.0186. The summed E-state index contributed by atoms with van der Waals surface area (Å²) in [4.78, 5) is 29.5. The number of nitrogens with one attached hydrogen (secondary N) is 1. The van der Waals surface area contributed by atoms with Crippen LogP contribution >= 0.6 is 11.6 Å². The highest BCUT2D eigenvalue weighted by molar-refractivity contribution is 6.36. The lowest BCUT2D eigenvalue weighted by molar-refractivity contribution is -0.137. The number of hydrogen-bond donors (Lipinski definition) is 1. The molecule has 0 amide bonds. The molecule has 5 rings (SSSR count). The van der Waals surface area contributed by atoms with Gasteiger partial charge in [0.15, 0.2) is 11.6 Å². The summed E-state index contributed by atoms with van der Waals surface area (Å²) in [5, 5.41) is 7.14. The summed E-state index contributed by atoms with van der Waals surface area (Å²) in [6.07, 6.45) is 0.256. The maximum absolute atomic E-state index is 13.0. The molecule has 4 heterocycles. The van der Waals surface area contributed by atoms with Gasteiger partial charge in [-0.1, -0.05) is 23.7 Å². The lowest BCUT2D eigenvalue weighted by Gasteiger charge is -2.11. The highest BCUT2D eigenvalue weighted by atomic mass is 35.5. The fourth-order valence-electron chi connectivity index (χ4n) is 3.88. The van der Waals surface area contributed by atoms with Crippen LogP contribution in [0.2, 0.25) is 5.02 Å². The molecule has 12 heteroatoms. The molecule has 0 aliphatic carbocycles. The Morgan fingerprint density at radius 2 is 1.95 bits per heavy atom. The first-order chi connectivity index (χ1) is 17.7. The molecule has 1 atom stereocenters. The third-order valence-corrected chi connectivity index (χ3v) is 6.18. The largest absolute Gasteiger partial charge is 0.416 e. The van der Waals surface area contributed by atoms with Gasteiger partial charge in [0.05, 0.1) is 17.0 Å². The molecule has 0 unspecified atom stereocenters. The Morgan fingerprint density at radius 3 is 2.70 bits per heavy atom. The first-order valence-electron chi connectivity index (χ1n) is 11.1. The van der Waals surface area contributed by atoms with Crippen LogP contribution in [0.15, 0.2) is 64.6 Å². The van der Waals surface area contributed by atoms with Crippen LogP contribution in [0.3, 0.4) is 0 Å². The zero-order chi connectivity index (χ0) is 26.2. The summed E-state index contributed by atoms with van der Waals surface area (Å²) in [5.41, 5.74) is 1.87. The van der Waals surface area contributed by atoms with Gasteiger partial charge in [0.25, 0.3) is 0 Å². The van der Waals surface area contributed by atoms with Crippen molar-refractivity contribution in [2.24, 2.45) is 4.99 Å². The standard InChI is InChI=1S/C25H18ClF3N6O2/c1-13(8-20(36)23-22(26)24(32-12-31-23)33-16-4-6-30-7-5-16)21-11-19(35-37-21)18-10-14-9-15(25(27,28)29)2-3-17(14)34-18/h2-7,9,11-13H,8,10H2,1H3,(H,30,31,32,33)/t13-/m0/s1. The molecule has 188 valence electrons. The molecule has 0 fully saturated rings. The topological polar surface area (TPSA) is 106 Å². The zero-order valence-electron chi connectivity index (χ0n) is 19.3. The summed E-state index contributed by atoms with van der Waals surface area (Å²) < 4.78 is 44.5. The number of carbonyl (C=O) groups is 1. The van der Waals surface area contributed by atoms with Gasteiger partial charge >= 0.3 is 6.18 Å². The lowest BCUT2D eigenvalue weighted by atomic mass is 9.99. The second kappa shape index (κ2) is 9.74. The van der Waals surface area contributed by atoms with E-state index in [0.29, 0.717) is 34.1 Å². The number of fused-ring (bicyclic) bond motifs is 1. The minimum Gasteiger partial charge on any atom is -0.360 e. The number of alkyl halides is 3. The molecule has 1 aliphatic rings. The molecule has 1 aromatic carbocycles. The maximum atomic E-state index is 13.0. The number of carbonyl (C=O) groups excluding carboxylic acids is 1. The molecule has 37 heavy (non-hydrogen) atoms. The van der Waals surface area contributed by atoms with Crippen molar-refractivity contribution in [1.29, 1.82) is 0 Å². The van der Waals surface area contributed by atoms with E-state index in [9.17, 15) is 18.0 Å². The number of rotatable bonds is 7. The second-order valence-electron chi connectivity index (χ2n) is 8.47. The predicted molar refractivity (Wildman–Crippen MR) is 130 cm³/mol. The van der Waals surface area contributed by atoms with Crippen molar-refractivity contribution in [3.05, 3.63) is 88.4 Å². The molecule has 0 bridgehead atoms. The first-order valence-corrected chi connectivity index (χ1v) is 11.5. The summed E-state index contributed by atoms with van der Waals surface area (Å²) >= 11 is 6.41. The molecular weight excluding hydrogens is 509 g/mol. The first kappa shape index (κ1) is 24.6. The van der Waals surface area contributed by atoms with Gasteiger partial charge in [-0.2, -0.15) is 13.2 Å². The molecule has 0 spiro atoms. The van der Waals surface area contributed by atoms with E-state index in [-0.39, 0.29) is 41.1 Å². The Labute approximate surface area is 213 Å². The molecule has 0 radical (unpaired) electrons. The van der Waals surface area contributed by atoms with E-state index < -0.39 is 11.7 Å². The highest BCUT2D eigenvalue weighted by Gasteiger charge is 2.32. The van der Waals surface area contributed by atoms with Gasteiger partial charge in [-0.15, -0.1) is 0 Å². The van der Waals surface area contributed by atoms with Gasteiger partial charge in [0, 0.05) is 42.9 Å². The Bertz CT molecular complexity index is 1500. The quantitative estimate of drug-likeness (QED) is 0.280. The van der Waals surface area contributed by atoms with Gasteiger partial charge in [-0.3, -0.25) is 14.8 Å². The van der Waals surface area contributed by atoms with E-state index in [1.54, 1.807) is 37.5 Å². The molecule has 1 N–H and O–H groups in total. The Morgan fingerprint density at radius 1 is 1.16 bits per heavy atom. The monoisotopic (exact) mass is 526 g/mol. The van der Waals surface area contributed by atoms with Crippen LogP contribution in [-0.2, 0) is 12.6 Å². The van der Waals surface area contributed by atoms with E-state index in [0.717, 1.165) is 12.1 Å². The van der Waals surface area contributed by atoms with Crippen molar-refractivity contribution in [2.75, 3.05) is 5.32 Å². The van der Waals surface area contributed by atoms with E-state index in [4.69, 9.17) is 16.1 Å². The van der Waals surface area contributed by atoms with E-state index >= 15 is 0 Å². The number of aromatic nitrogens is 4. The summed E-state index contributed by atoms with van der Waals surface area (Å²) in [6.45, 7) is 1.79. The SMILES string of the molecule is C[C@@H](CC(=O)c1ncnc(Nc2ccncc2)c1Cl)c1cc(C2=Nc3ccc(C(F)(F)F)cc3C2)no1. The average molecular weight is 527 g/mol. The van der Waals surface area contributed by atoms with Crippen LogP contribution in [0.5, 0.6) is 0 Å².